The number of aliphatic hydroxyl groups is 1. The Morgan fingerprint density at radius 3 is 2.35 bits per heavy atom. The van der Waals surface area contributed by atoms with Gasteiger partial charge in [-0.05, 0) is 56.7 Å². The lowest BCUT2D eigenvalue weighted by Crippen LogP contribution is -2.59. The Morgan fingerprint density at radius 1 is 1.00 bits per heavy atom. The van der Waals surface area contributed by atoms with Crippen molar-refractivity contribution in [1.29, 1.82) is 0 Å². The molecule has 40 heavy (non-hydrogen) atoms. The number of hydrogen-bond acceptors (Lipinski definition) is 5. The van der Waals surface area contributed by atoms with Crippen LogP contribution in [0.2, 0.25) is 0 Å². The predicted molar refractivity (Wildman–Crippen MR) is 150 cm³/mol. The molecular formula is C32H39N3O5. The molecule has 2 unspecified atom stereocenters. The van der Waals surface area contributed by atoms with E-state index in [2.05, 4.69) is 10.6 Å². The molecule has 0 radical (unpaired) electrons. The van der Waals surface area contributed by atoms with Crippen LogP contribution in [-0.2, 0) is 25.5 Å². The Bertz CT molecular complexity index is 1250. The standard InChI is InChI=1S/C32H39N3O5/c1-31-17-18-32(40-31)26(25(31)28(37)33-22-13-7-3-8-14-22)30(39)35(24(20-36)19-21-11-5-2-6-12-21)27(32)29(38)34-23-15-9-4-10-16-23/h2-3,5-8,11-14,23-27,36H,4,9-10,15-20H2,1H3,(H,33,37)(H,34,38)/t24-,25+,26+,27?,31-,32?/m1/s1. The summed E-state index contributed by atoms with van der Waals surface area (Å²) in [4.78, 5) is 44.0. The third-order valence-corrected chi connectivity index (χ3v) is 9.66. The van der Waals surface area contributed by atoms with Gasteiger partial charge >= 0.3 is 0 Å². The van der Waals surface area contributed by atoms with Crippen molar-refractivity contribution in [2.75, 3.05) is 11.9 Å². The van der Waals surface area contributed by atoms with E-state index in [-0.39, 0.29) is 30.4 Å². The second kappa shape index (κ2) is 10.6. The number of para-hydroxylation sites is 1. The van der Waals surface area contributed by atoms with Gasteiger partial charge in [-0.1, -0.05) is 67.8 Å². The molecule has 4 fully saturated rings. The summed E-state index contributed by atoms with van der Waals surface area (Å²) in [7, 11) is 0. The van der Waals surface area contributed by atoms with Crippen molar-refractivity contribution in [1.82, 2.24) is 10.2 Å². The van der Waals surface area contributed by atoms with Gasteiger partial charge in [0.25, 0.3) is 0 Å². The first kappa shape index (κ1) is 27.0. The Morgan fingerprint density at radius 2 is 1.68 bits per heavy atom. The molecule has 1 spiro atoms. The zero-order chi connectivity index (χ0) is 27.9. The van der Waals surface area contributed by atoms with Crippen LogP contribution in [0.15, 0.2) is 60.7 Å². The van der Waals surface area contributed by atoms with Gasteiger partial charge in [-0.15, -0.1) is 0 Å². The Hall–Kier alpha value is -3.23. The van der Waals surface area contributed by atoms with E-state index in [9.17, 15) is 19.5 Å². The minimum absolute atomic E-state index is 0.0571. The maximum atomic E-state index is 14.5. The normalized spacial score (nSPS) is 32.1. The van der Waals surface area contributed by atoms with Crippen LogP contribution in [0, 0.1) is 11.8 Å². The van der Waals surface area contributed by atoms with Gasteiger partial charge < -0.3 is 25.4 Å². The van der Waals surface area contributed by atoms with Gasteiger partial charge in [-0.25, -0.2) is 0 Å². The number of hydrogen-bond donors (Lipinski definition) is 3. The third kappa shape index (κ3) is 4.51. The minimum Gasteiger partial charge on any atom is -0.394 e. The lowest BCUT2D eigenvalue weighted by molar-refractivity contribution is -0.149. The number of fused-ring (bicyclic) bond motifs is 1. The fourth-order valence-electron chi connectivity index (χ4n) is 7.86. The molecule has 1 saturated carbocycles. The third-order valence-electron chi connectivity index (χ3n) is 9.66. The van der Waals surface area contributed by atoms with E-state index in [0.29, 0.717) is 24.9 Å². The van der Waals surface area contributed by atoms with Gasteiger partial charge in [-0.3, -0.25) is 14.4 Å². The molecule has 6 atom stereocenters. The number of aliphatic hydroxyl groups excluding tert-OH is 1. The number of nitrogens with one attached hydrogen (secondary N) is 2. The van der Waals surface area contributed by atoms with Crippen LogP contribution in [0.3, 0.4) is 0 Å². The molecule has 3 N–H and O–H groups in total. The number of likely N-dealkylation sites (tertiary alicyclic amines) is 1. The summed E-state index contributed by atoms with van der Waals surface area (Å²) < 4.78 is 6.75. The highest BCUT2D eigenvalue weighted by Gasteiger charge is 2.78. The Labute approximate surface area is 235 Å². The number of ether oxygens (including phenoxy) is 1. The molecule has 2 aromatic carbocycles. The van der Waals surface area contributed by atoms with Crippen molar-refractivity contribution in [3.8, 4) is 0 Å². The van der Waals surface area contributed by atoms with E-state index < -0.39 is 35.1 Å². The molecule has 3 aliphatic heterocycles. The number of carbonyl (C=O) groups is 3. The fourth-order valence-corrected chi connectivity index (χ4v) is 7.86. The summed E-state index contributed by atoms with van der Waals surface area (Å²) in [5.41, 5.74) is -0.360. The molecular weight excluding hydrogens is 506 g/mol. The monoisotopic (exact) mass is 545 g/mol. The van der Waals surface area contributed by atoms with Crippen LogP contribution in [0.1, 0.15) is 57.4 Å². The van der Waals surface area contributed by atoms with Crippen LogP contribution < -0.4 is 10.6 Å². The SMILES string of the molecule is C[C@]12CCC3(O1)C(C(=O)NC1CCCCC1)N([C@@H](CO)Cc1ccccc1)C(=O)[C@@H]3[C@H]2C(=O)Nc1ccccc1. The maximum Gasteiger partial charge on any atom is 0.246 e. The average molecular weight is 546 g/mol. The Kier molecular flexibility index (Phi) is 7.17. The zero-order valence-corrected chi connectivity index (χ0v) is 23.1. The van der Waals surface area contributed by atoms with Gasteiger partial charge in [0.05, 0.1) is 30.1 Å². The number of benzene rings is 2. The first-order valence-electron chi connectivity index (χ1n) is 14.7. The second-order valence-electron chi connectivity index (χ2n) is 12.2. The fraction of sp³-hybridized carbons (Fsp3) is 0.531. The van der Waals surface area contributed by atoms with E-state index in [0.717, 1.165) is 37.7 Å². The Balaban J connectivity index is 1.37. The molecule has 0 aromatic heterocycles. The second-order valence-corrected chi connectivity index (χ2v) is 12.2. The summed E-state index contributed by atoms with van der Waals surface area (Å²) in [5.74, 6) is -2.34. The average Bonchev–Trinajstić information content (AvgIpc) is 3.54. The molecule has 8 nitrogen and oxygen atoms in total. The van der Waals surface area contributed by atoms with Crippen molar-refractivity contribution >= 4 is 23.4 Å². The highest BCUT2D eigenvalue weighted by molar-refractivity contribution is 6.02. The summed E-state index contributed by atoms with van der Waals surface area (Å²) in [6.07, 6.45) is 6.61. The molecule has 2 aromatic rings. The van der Waals surface area contributed by atoms with Crippen LogP contribution in [0.25, 0.3) is 0 Å². The van der Waals surface area contributed by atoms with Crippen LogP contribution >= 0.6 is 0 Å². The van der Waals surface area contributed by atoms with Crippen molar-refractivity contribution in [3.05, 3.63) is 66.2 Å². The van der Waals surface area contributed by atoms with E-state index in [4.69, 9.17) is 4.74 Å². The lowest BCUT2D eigenvalue weighted by Gasteiger charge is -2.38. The topological polar surface area (TPSA) is 108 Å². The van der Waals surface area contributed by atoms with E-state index in [1.54, 1.807) is 4.90 Å². The molecule has 8 heteroatoms. The quantitative estimate of drug-likeness (QED) is 0.471. The number of anilines is 1. The van der Waals surface area contributed by atoms with Crippen molar-refractivity contribution in [2.45, 2.75) is 87.6 Å². The van der Waals surface area contributed by atoms with Gasteiger partial charge in [0, 0.05) is 11.7 Å². The maximum absolute atomic E-state index is 14.5. The summed E-state index contributed by atoms with van der Waals surface area (Å²) in [6, 6.07) is 17.4. The molecule has 2 bridgehead atoms. The molecule has 1 aliphatic carbocycles. The summed E-state index contributed by atoms with van der Waals surface area (Å²) in [5, 5.41) is 16.8. The van der Waals surface area contributed by atoms with Crippen LogP contribution in [-0.4, -0.2) is 63.7 Å². The van der Waals surface area contributed by atoms with Crippen molar-refractivity contribution < 1.29 is 24.2 Å². The first-order valence-corrected chi connectivity index (χ1v) is 14.7. The van der Waals surface area contributed by atoms with Crippen LogP contribution in [0.4, 0.5) is 5.69 Å². The lowest BCUT2D eigenvalue weighted by atomic mass is 9.66. The van der Waals surface area contributed by atoms with E-state index >= 15 is 0 Å². The van der Waals surface area contributed by atoms with Crippen molar-refractivity contribution in [3.63, 3.8) is 0 Å². The highest BCUT2D eigenvalue weighted by Crippen LogP contribution is 2.63. The van der Waals surface area contributed by atoms with E-state index in [1.807, 2.05) is 67.6 Å². The molecule has 3 amide bonds. The van der Waals surface area contributed by atoms with E-state index in [1.165, 1.54) is 0 Å². The zero-order valence-electron chi connectivity index (χ0n) is 23.1. The van der Waals surface area contributed by atoms with Gasteiger partial charge in [0.2, 0.25) is 17.7 Å². The molecule has 3 saturated heterocycles. The minimum atomic E-state index is -1.12. The number of amides is 3. The molecule has 4 aliphatic rings. The van der Waals surface area contributed by atoms with Gasteiger partial charge in [-0.2, -0.15) is 0 Å². The van der Waals surface area contributed by atoms with Crippen LogP contribution in [0.5, 0.6) is 0 Å². The highest BCUT2D eigenvalue weighted by atomic mass is 16.5. The number of carbonyl (C=O) groups excluding carboxylic acids is 3. The first-order chi connectivity index (χ1) is 19.4. The van der Waals surface area contributed by atoms with Gasteiger partial charge in [0.1, 0.15) is 11.6 Å². The number of nitrogens with zero attached hydrogens (tertiary/aromatic N) is 1. The molecule has 3 heterocycles. The smallest absolute Gasteiger partial charge is 0.246 e. The summed E-state index contributed by atoms with van der Waals surface area (Å²) >= 11 is 0. The largest absolute Gasteiger partial charge is 0.394 e. The predicted octanol–water partition coefficient (Wildman–Crippen LogP) is 3.44. The summed E-state index contributed by atoms with van der Waals surface area (Å²) in [6.45, 7) is 1.60. The molecule has 6 rings (SSSR count). The molecule has 212 valence electrons. The van der Waals surface area contributed by atoms with Crippen molar-refractivity contribution in [2.24, 2.45) is 11.8 Å². The number of rotatable bonds is 8. The van der Waals surface area contributed by atoms with Gasteiger partial charge in [0.15, 0.2) is 0 Å².